The Morgan fingerprint density at radius 1 is 1.27 bits per heavy atom. The predicted octanol–water partition coefficient (Wildman–Crippen LogP) is 1.32. The average Bonchev–Trinajstić information content (AvgIpc) is 2.81. The van der Waals surface area contributed by atoms with E-state index in [1.54, 1.807) is 4.90 Å². The fourth-order valence-electron chi connectivity index (χ4n) is 3.01. The topological polar surface area (TPSA) is 74.3 Å². The maximum absolute atomic E-state index is 12.3. The van der Waals surface area contributed by atoms with E-state index in [2.05, 4.69) is 31.0 Å². The number of hydrogen-bond acceptors (Lipinski definition) is 5. The molecule has 6 nitrogen and oxygen atoms in total. The summed E-state index contributed by atoms with van der Waals surface area (Å²) in [6, 6.07) is 6.19. The van der Waals surface area contributed by atoms with Crippen LogP contribution in [0.15, 0.2) is 28.2 Å². The van der Waals surface area contributed by atoms with Crippen LogP contribution < -0.4 is 5.73 Å². The zero-order chi connectivity index (χ0) is 16.1. The van der Waals surface area contributed by atoms with Gasteiger partial charge >= 0.3 is 0 Å². The van der Waals surface area contributed by atoms with E-state index in [1.807, 2.05) is 25.1 Å². The summed E-state index contributed by atoms with van der Waals surface area (Å²) in [6.07, 6.45) is 1.04. The predicted molar refractivity (Wildman–Crippen MR) is 86.4 cm³/mol. The van der Waals surface area contributed by atoms with Crippen LogP contribution >= 0.6 is 0 Å². The van der Waals surface area contributed by atoms with Gasteiger partial charge in [-0.1, -0.05) is 18.2 Å². The maximum Gasteiger partial charge on any atom is 0.231 e. The summed E-state index contributed by atoms with van der Waals surface area (Å²) in [5.74, 6) is 0.738. The summed E-state index contributed by atoms with van der Waals surface area (Å²) in [7, 11) is 3.74. The van der Waals surface area contributed by atoms with Crippen LogP contribution in [0.5, 0.6) is 0 Å². The van der Waals surface area contributed by atoms with Crippen LogP contribution in [0.4, 0.5) is 0 Å². The number of amides is 1. The van der Waals surface area contributed by atoms with Gasteiger partial charge in [-0.2, -0.15) is 4.99 Å². The molecule has 0 saturated carbocycles. The largest absolute Gasteiger partial charge is 0.369 e. The van der Waals surface area contributed by atoms with E-state index in [0.717, 1.165) is 5.56 Å². The number of guanidine groups is 2. The minimum atomic E-state index is -0.763. The molecule has 1 unspecified atom stereocenters. The average molecular weight is 299 g/mol. The van der Waals surface area contributed by atoms with Gasteiger partial charge in [-0.15, -0.1) is 0 Å². The Hall–Kier alpha value is -2.37. The summed E-state index contributed by atoms with van der Waals surface area (Å²) >= 11 is 0. The summed E-state index contributed by atoms with van der Waals surface area (Å²) in [6.45, 7) is 4.13. The third kappa shape index (κ3) is 1.98. The molecular formula is C16H21N5O. The lowest BCUT2D eigenvalue weighted by Crippen LogP contribution is -2.53. The van der Waals surface area contributed by atoms with Crippen molar-refractivity contribution >= 4 is 17.8 Å². The van der Waals surface area contributed by atoms with E-state index in [4.69, 9.17) is 10.7 Å². The van der Waals surface area contributed by atoms with Gasteiger partial charge in [0, 0.05) is 32.5 Å². The molecule has 0 radical (unpaired) electrons. The molecule has 1 atom stereocenters. The van der Waals surface area contributed by atoms with E-state index in [-0.39, 0.29) is 11.9 Å². The van der Waals surface area contributed by atoms with Crippen LogP contribution in [0.25, 0.3) is 0 Å². The van der Waals surface area contributed by atoms with Crippen molar-refractivity contribution in [3.05, 3.63) is 34.9 Å². The van der Waals surface area contributed by atoms with Crippen LogP contribution in [0, 0.1) is 13.8 Å². The summed E-state index contributed by atoms with van der Waals surface area (Å²) in [4.78, 5) is 24.7. The molecule has 1 fully saturated rings. The quantitative estimate of drug-likeness (QED) is 0.850. The van der Waals surface area contributed by atoms with E-state index >= 15 is 0 Å². The van der Waals surface area contributed by atoms with Crippen molar-refractivity contribution in [2.24, 2.45) is 15.7 Å². The number of fused-ring (bicyclic) bond motifs is 1. The number of rotatable bonds is 1. The van der Waals surface area contributed by atoms with Crippen molar-refractivity contribution in [3.63, 3.8) is 0 Å². The first kappa shape index (κ1) is 14.6. The first-order valence-electron chi connectivity index (χ1n) is 7.37. The number of nitrogens with two attached hydrogens (primary N) is 1. The molecule has 116 valence electrons. The molecule has 3 rings (SSSR count). The zero-order valence-corrected chi connectivity index (χ0v) is 13.4. The van der Waals surface area contributed by atoms with Crippen LogP contribution in [-0.4, -0.2) is 41.7 Å². The normalized spacial score (nSPS) is 24.0. The molecule has 2 N–H and O–H groups in total. The summed E-state index contributed by atoms with van der Waals surface area (Å²) in [5.41, 5.74) is 8.69. The molecule has 2 aliphatic heterocycles. The SMILES string of the molecule is Cc1ccc(C23CCC(=O)N2C(N)=NC(N(C)C)=N3)cc1C. The number of benzene rings is 1. The van der Waals surface area contributed by atoms with E-state index < -0.39 is 5.66 Å². The van der Waals surface area contributed by atoms with Gasteiger partial charge in [0.05, 0.1) is 0 Å². The second-order valence-electron chi connectivity index (χ2n) is 6.12. The van der Waals surface area contributed by atoms with Gasteiger partial charge in [-0.25, -0.2) is 4.99 Å². The van der Waals surface area contributed by atoms with Gasteiger partial charge in [-0.05, 0) is 25.0 Å². The monoisotopic (exact) mass is 299 g/mol. The highest BCUT2D eigenvalue weighted by molar-refractivity contribution is 6.06. The van der Waals surface area contributed by atoms with Crippen LogP contribution in [0.1, 0.15) is 29.5 Å². The summed E-state index contributed by atoms with van der Waals surface area (Å²) in [5, 5.41) is 0. The molecule has 1 saturated heterocycles. The molecule has 0 aliphatic carbocycles. The zero-order valence-electron chi connectivity index (χ0n) is 13.4. The van der Waals surface area contributed by atoms with E-state index in [9.17, 15) is 4.79 Å². The molecule has 6 heteroatoms. The molecule has 1 amide bonds. The Balaban J connectivity index is 2.21. The Labute approximate surface area is 130 Å². The molecule has 0 spiro atoms. The van der Waals surface area contributed by atoms with Crippen LogP contribution in [0.3, 0.4) is 0 Å². The van der Waals surface area contributed by atoms with E-state index in [1.165, 1.54) is 11.1 Å². The molecule has 1 aromatic carbocycles. The molecule has 22 heavy (non-hydrogen) atoms. The number of aryl methyl sites for hydroxylation is 2. The number of aliphatic imine (C=N–C) groups is 2. The number of hydrogen-bond donors (Lipinski definition) is 1. The van der Waals surface area contributed by atoms with Crippen molar-refractivity contribution in [2.75, 3.05) is 14.1 Å². The first-order chi connectivity index (χ1) is 10.3. The highest BCUT2D eigenvalue weighted by Gasteiger charge is 2.51. The Bertz CT molecular complexity index is 706. The summed E-state index contributed by atoms with van der Waals surface area (Å²) < 4.78 is 0. The number of carbonyl (C=O) groups excluding carboxylic acids is 1. The van der Waals surface area contributed by atoms with Crippen molar-refractivity contribution < 1.29 is 4.79 Å². The Kier molecular flexibility index (Phi) is 3.20. The lowest BCUT2D eigenvalue weighted by molar-refractivity contribution is -0.126. The minimum absolute atomic E-state index is 0.0268. The molecule has 2 heterocycles. The van der Waals surface area contributed by atoms with Crippen molar-refractivity contribution in [1.29, 1.82) is 0 Å². The Morgan fingerprint density at radius 2 is 2.00 bits per heavy atom. The third-order valence-electron chi connectivity index (χ3n) is 4.40. The van der Waals surface area contributed by atoms with Gasteiger partial charge in [0.25, 0.3) is 0 Å². The van der Waals surface area contributed by atoms with Crippen LogP contribution in [-0.2, 0) is 10.5 Å². The fraction of sp³-hybridized carbons (Fsp3) is 0.438. The second kappa shape index (κ2) is 4.83. The van der Waals surface area contributed by atoms with Crippen molar-refractivity contribution in [1.82, 2.24) is 9.80 Å². The fourth-order valence-corrected chi connectivity index (χ4v) is 3.01. The molecule has 0 bridgehead atoms. The Morgan fingerprint density at radius 3 is 2.64 bits per heavy atom. The third-order valence-corrected chi connectivity index (χ3v) is 4.40. The van der Waals surface area contributed by atoms with Crippen LogP contribution in [0.2, 0.25) is 0 Å². The standard InChI is InChI=1S/C16H21N5O/c1-10-5-6-12(9-11(10)2)16-8-7-13(22)21(16)14(17)18-15(19-16)20(3)4/h5-6,9H,7-8H2,1-4H3,(H2,17,18,19). The lowest BCUT2D eigenvalue weighted by Gasteiger charge is -2.38. The smallest absolute Gasteiger partial charge is 0.231 e. The van der Waals surface area contributed by atoms with Gasteiger partial charge < -0.3 is 10.6 Å². The molecule has 2 aliphatic rings. The second-order valence-corrected chi connectivity index (χ2v) is 6.12. The molecule has 0 aromatic heterocycles. The minimum Gasteiger partial charge on any atom is -0.369 e. The maximum atomic E-state index is 12.3. The first-order valence-corrected chi connectivity index (χ1v) is 7.37. The highest BCUT2D eigenvalue weighted by Crippen LogP contribution is 2.43. The van der Waals surface area contributed by atoms with Gasteiger partial charge in [-0.3, -0.25) is 9.69 Å². The van der Waals surface area contributed by atoms with E-state index in [0.29, 0.717) is 18.8 Å². The number of nitrogens with zero attached hydrogens (tertiary/aromatic N) is 4. The van der Waals surface area contributed by atoms with Gasteiger partial charge in [0.1, 0.15) is 0 Å². The lowest BCUT2D eigenvalue weighted by atomic mass is 9.93. The van der Waals surface area contributed by atoms with Crippen molar-refractivity contribution in [2.45, 2.75) is 32.4 Å². The highest BCUT2D eigenvalue weighted by atomic mass is 16.2. The number of carbonyl (C=O) groups is 1. The van der Waals surface area contributed by atoms with Gasteiger partial charge in [0.2, 0.25) is 17.8 Å². The van der Waals surface area contributed by atoms with Gasteiger partial charge in [0.15, 0.2) is 5.66 Å². The molecular weight excluding hydrogens is 278 g/mol. The molecule has 1 aromatic rings. The van der Waals surface area contributed by atoms with Crippen molar-refractivity contribution in [3.8, 4) is 0 Å².